The Balaban J connectivity index is 1.86. The van der Waals surface area contributed by atoms with Gasteiger partial charge in [0.05, 0.1) is 26.1 Å². The fourth-order valence-corrected chi connectivity index (χ4v) is 4.81. The Morgan fingerprint density at radius 3 is 2.58 bits per heavy atom. The molecule has 0 amide bonds. The summed E-state index contributed by atoms with van der Waals surface area (Å²) in [4.78, 5) is 18.1. The van der Waals surface area contributed by atoms with Gasteiger partial charge in [0, 0.05) is 50.4 Å². The van der Waals surface area contributed by atoms with Gasteiger partial charge in [0.1, 0.15) is 18.1 Å². The number of hydrogen-bond donors (Lipinski definition) is 0. The van der Waals surface area contributed by atoms with Gasteiger partial charge in [-0.1, -0.05) is 12.8 Å². The predicted molar refractivity (Wildman–Crippen MR) is 120 cm³/mol. The molecule has 1 aromatic rings. The lowest BCUT2D eigenvalue weighted by Crippen LogP contribution is -2.58. The van der Waals surface area contributed by atoms with Gasteiger partial charge in [-0.25, -0.2) is 0 Å². The molecule has 3 rings (SSSR count). The minimum atomic E-state index is -3.69. The zero-order chi connectivity index (χ0) is 23.9. The molecule has 0 saturated heterocycles. The number of rotatable bonds is 14. The normalized spacial score (nSPS) is 25.8. The van der Waals surface area contributed by atoms with Crippen molar-refractivity contribution in [1.82, 2.24) is 4.98 Å². The standard InChI is InChI=1S/C23H35NO8S/c1-28-14-18-6-7-19(15-32-33(3,26)27)23(22(18)25,31-16-29-2)13-20-12-21(8-10-24-20)30-11-9-17-4-5-17/h8,10,12,17-19H,4-7,9,11,13-16H2,1-3H3/t18?,19-,23+/m0/s1. The van der Waals surface area contributed by atoms with Gasteiger partial charge in [-0.05, 0) is 31.2 Å². The van der Waals surface area contributed by atoms with E-state index in [2.05, 4.69) is 4.98 Å². The van der Waals surface area contributed by atoms with Crippen LogP contribution in [0.2, 0.25) is 0 Å². The summed E-state index contributed by atoms with van der Waals surface area (Å²) >= 11 is 0. The van der Waals surface area contributed by atoms with Gasteiger partial charge in [0.15, 0.2) is 5.78 Å². The molecule has 2 aliphatic rings. The highest BCUT2D eigenvalue weighted by Gasteiger charge is 2.53. The van der Waals surface area contributed by atoms with Crippen LogP contribution >= 0.6 is 0 Å². The Hall–Kier alpha value is -1.59. The van der Waals surface area contributed by atoms with Gasteiger partial charge in [-0.2, -0.15) is 8.42 Å². The summed E-state index contributed by atoms with van der Waals surface area (Å²) in [5.41, 5.74) is -0.743. The first-order valence-electron chi connectivity index (χ1n) is 11.4. The maximum atomic E-state index is 13.7. The molecule has 1 heterocycles. The maximum absolute atomic E-state index is 13.7. The van der Waals surface area contributed by atoms with E-state index in [1.165, 1.54) is 20.0 Å². The average molecular weight is 486 g/mol. The lowest BCUT2D eigenvalue weighted by molar-refractivity contribution is -0.191. The van der Waals surface area contributed by atoms with Crippen molar-refractivity contribution in [3.8, 4) is 5.75 Å². The van der Waals surface area contributed by atoms with E-state index in [0.29, 0.717) is 30.9 Å². The quantitative estimate of drug-likeness (QED) is 0.290. The van der Waals surface area contributed by atoms with Crippen molar-refractivity contribution in [2.24, 2.45) is 17.8 Å². The van der Waals surface area contributed by atoms with E-state index < -0.39 is 21.6 Å². The molecule has 0 radical (unpaired) electrons. The Labute approximate surface area is 196 Å². The van der Waals surface area contributed by atoms with Crippen molar-refractivity contribution in [2.45, 2.75) is 44.1 Å². The monoisotopic (exact) mass is 485 g/mol. The summed E-state index contributed by atoms with van der Waals surface area (Å²) in [5, 5.41) is 0. The van der Waals surface area contributed by atoms with Gasteiger partial charge in [0.25, 0.3) is 10.1 Å². The highest BCUT2D eigenvalue weighted by atomic mass is 32.2. The van der Waals surface area contributed by atoms with E-state index in [0.717, 1.165) is 18.6 Å². The van der Waals surface area contributed by atoms with E-state index in [9.17, 15) is 13.2 Å². The molecular formula is C23H35NO8S. The SMILES string of the molecule is COCO[C@@]1(Cc2cc(OCCC3CC3)ccn2)C(=O)C(COC)CC[C@H]1COS(C)(=O)=O. The Morgan fingerprint density at radius 1 is 1.12 bits per heavy atom. The molecular weight excluding hydrogens is 450 g/mol. The van der Waals surface area contributed by atoms with Crippen LogP contribution < -0.4 is 4.74 Å². The molecule has 2 saturated carbocycles. The van der Waals surface area contributed by atoms with Crippen molar-refractivity contribution >= 4 is 15.9 Å². The molecule has 0 aromatic carbocycles. The van der Waals surface area contributed by atoms with E-state index in [1.807, 2.05) is 6.07 Å². The molecule has 186 valence electrons. The molecule has 10 heteroatoms. The van der Waals surface area contributed by atoms with Crippen LogP contribution in [0.1, 0.15) is 37.8 Å². The Bertz CT molecular complexity index is 888. The van der Waals surface area contributed by atoms with Crippen LogP contribution in [0.25, 0.3) is 0 Å². The van der Waals surface area contributed by atoms with Gasteiger partial charge in [0.2, 0.25) is 0 Å². The third kappa shape index (κ3) is 7.45. The number of carbonyl (C=O) groups is 1. The summed E-state index contributed by atoms with van der Waals surface area (Å²) < 4.78 is 50.8. The Kier molecular flexibility index (Phi) is 9.23. The fraction of sp³-hybridized carbons (Fsp3) is 0.739. The van der Waals surface area contributed by atoms with Crippen LogP contribution in [-0.2, 0) is 39.7 Å². The summed E-state index contributed by atoms with van der Waals surface area (Å²) in [5.74, 6) is 0.425. The summed E-state index contributed by atoms with van der Waals surface area (Å²) in [6, 6.07) is 3.60. The van der Waals surface area contributed by atoms with E-state index in [4.69, 9.17) is 23.1 Å². The van der Waals surface area contributed by atoms with E-state index in [1.54, 1.807) is 19.4 Å². The molecule has 9 nitrogen and oxygen atoms in total. The van der Waals surface area contributed by atoms with E-state index >= 15 is 0 Å². The molecule has 33 heavy (non-hydrogen) atoms. The molecule has 0 spiro atoms. The van der Waals surface area contributed by atoms with Crippen molar-refractivity contribution in [3.05, 3.63) is 24.0 Å². The van der Waals surface area contributed by atoms with Crippen LogP contribution in [0.4, 0.5) is 0 Å². The summed E-state index contributed by atoms with van der Waals surface area (Å²) in [7, 11) is -0.662. The van der Waals surface area contributed by atoms with Crippen molar-refractivity contribution in [1.29, 1.82) is 0 Å². The van der Waals surface area contributed by atoms with Crippen LogP contribution in [0.3, 0.4) is 0 Å². The molecule has 0 bridgehead atoms. The second-order valence-corrected chi connectivity index (χ2v) is 10.6. The molecule has 2 fully saturated rings. The first kappa shape index (κ1) is 26.0. The number of Topliss-reactive ketones (excluding diaryl/α,β-unsaturated/α-hetero) is 1. The topological polar surface area (TPSA) is 110 Å². The minimum Gasteiger partial charge on any atom is -0.493 e. The summed E-state index contributed by atoms with van der Waals surface area (Å²) in [6.07, 6.45) is 7.45. The molecule has 1 unspecified atom stereocenters. The molecule has 0 aliphatic heterocycles. The minimum absolute atomic E-state index is 0.127. The third-order valence-electron chi connectivity index (χ3n) is 6.32. The first-order chi connectivity index (χ1) is 15.8. The number of methoxy groups -OCH3 is 2. The Morgan fingerprint density at radius 2 is 1.91 bits per heavy atom. The molecule has 3 atom stereocenters. The van der Waals surface area contributed by atoms with Crippen LogP contribution in [-0.4, -0.2) is 71.9 Å². The largest absolute Gasteiger partial charge is 0.493 e. The number of hydrogen-bond acceptors (Lipinski definition) is 9. The molecule has 1 aromatic heterocycles. The first-order valence-corrected chi connectivity index (χ1v) is 13.2. The number of nitrogens with zero attached hydrogens (tertiary/aromatic N) is 1. The molecule has 0 N–H and O–H groups in total. The zero-order valence-corrected chi connectivity index (χ0v) is 20.5. The maximum Gasteiger partial charge on any atom is 0.264 e. The highest BCUT2D eigenvalue weighted by Crippen LogP contribution is 2.40. The zero-order valence-electron chi connectivity index (χ0n) is 19.7. The van der Waals surface area contributed by atoms with Crippen LogP contribution in [0.15, 0.2) is 18.3 Å². The smallest absolute Gasteiger partial charge is 0.264 e. The van der Waals surface area contributed by atoms with Crippen LogP contribution in [0.5, 0.6) is 5.75 Å². The van der Waals surface area contributed by atoms with Gasteiger partial charge in [-0.3, -0.25) is 14.0 Å². The highest BCUT2D eigenvalue weighted by molar-refractivity contribution is 7.85. The number of ether oxygens (including phenoxy) is 4. The lowest BCUT2D eigenvalue weighted by Gasteiger charge is -2.44. The van der Waals surface area contributed by atoms with Gasteiger partial charge < -0.3 is 18.9 Å². The number of aromatic nitrogens is 1. The van der Waals surface area contributed by atoms with Crippen molar-refractivity contribution < 1.29 is 36.3 Å². The second kappa shape index (κ2) is 11.7. The predicted octanol–water partition coefficient (Wildman–Crippen LogP) is 2.38. The van der Waals surface area contributed by atoms with Crippen molar-refractivity contribution in [3.63, 3.8) is 0 Å². The molecule has 2 aliphatic carbocycles. The third-order valence-corrected chi connectivity index (χ3v) is 6.88. The van der Waals surface area contributed by atoms with Gasteiger partial charge >= 0.3 is 0 Å². The number of ketones is 1. The average Bonchev–Trinajstić information content (AvgIpc) is 3.59. The van der Waals surface area contributed by atoms with Gasteiger partial charge in [-0.15, -0.1) is 0 Å². The van der Waals surface area contributed by atoms with Crippen LogP contribution in [0, 0.1) is 17.8 Å². The lowest BCUT2D eigenvalue weighted by atomic mass is 9.68. The second-order valence-electron chi connectivity index (χ2n) is 8.96. The fourth-order valence-electron chi connectivity index (χ4n) is 4.39. The summed E-state index contributed by atoms with van der Waals surface area (Å²) in [6.45, 7) is 0.609. The van der Waals surface area contributed by atoms with Crippen molar-refractivity contribution in [2.75, 3.05) is 47.1 Å². The van der Waals surface area contributed by atoms with E-state index in [-0.39, 0.29) is 38.1 Å². The number of carbonyl (C=O) groups excluding carboxylic acids is 1. The number of pyridine rings is 1.